The van der Waals surface area contributed by atoms with Gasteiger partial charge in [-0.25, -0.2) is 4.79 Å². The quantitative estimate of drug-likeness (QED) is 0.645. The number of carbonyl (C=O) groups is 2. The Hall–Kier alpha value is -1.92. The second kappa shape index (κ2) is 7.02. The van der Waals surface area contributed by atoms with Crippen molar-refractivity contribution in [3.8, 4) is 0 Å². The highest BCUT2D eigenvalue weighted by Crippen LogP contribution is 2.18. The van der Waals surface area contributed by atoms with Crippen LogP contribution < -0.4 is 10.6 Å². The lowest BCUT2D eigenvalue weighted by Crippen LogP contribution is -2.31. The zero-order valence-corrected chi connectivity index (χ0v) is 11.1. The van der Waals surface area contributed by atoms with Crippen LogP contribution in [0.25, 0.3) is 0 Å². The fourth-order valence-corrected chi connectivity index (χ4v) is 2.24. The van der Waals surface area contributed by atoms with Gasteiger partial charge in [0, 0.05) is 18.7 Å². The van der Waals surface area contributed by atoms with Gasteiger partial charge in [-0.05, 0) is 30.2 Å². The van der Waals surface area contributed by atoms with Crippen LogP contribution in [-0.4, -0.2) is 43.3 Å². The van der Waals surface area contributed by atoms with Crippen LogP contribution in [0, 0.1) is 0 Å². The Bertz CT molecular complexity index is 502. The minimum Gasteiger partial charge on any atom is -0.480 e. The predicted octanol–water partition coefficient (Wildman–Crippen LogP) is 0.163. The van der Waals surface area contributed by atoms with Crippen molar-refractivity contribution < 1.29 is 19.4 Å². The van der Waals surface area contributed by atoms with Crippen LogP contribution >= 0.6 is 0 Å². The standard InChI is InChI=1S/C14H18N2O4/c17-13(18)9-20-7-6-16-14(19)12-3-1-2-10-8-15-5-4-11(10)12/h1-3,15H,4-9H2,(H,16,19)(H,17,18). The number of carboxylic acids is 1. The first-order valence-corrected chi connectivity index (χ1v) is 6.57. The van der Waals surface area contributed by atoms with Crippen LogP contribution in [0.2, 0.25) is 0 Å². The third-order valence-corrected chi connectivity index (χ3v) is 3.14. The van der Waals surface area contributed by atoms with Crippen molar-refractivity contribution in [1.29, 1.82) is 0 Å². The summed E-state index contributed by atoms with van der Waals surface area (Å²) < 4.78 is 4.87. The van der Waals surface area contributed by atoms with Crippen molar-refractivity contribution in [3.05, 3.63) is 34.9 Å². The molecule has 0 spiro atoms. The van der Waals surface area contributed by atoms with Gasteiger partial charge in [-0.1, -0.05) is 12.1 Å². The first-order valence-electron chi connectivity index (χ1n) is 6.57. The molecule has 1 aliphatic heterocycles. The number of benzene rings is 1. The molecule has 0 saturated heterocycles. The summed E-state index contributed by atoms with van der Waals surface area (Å²) in [6.45, 7) is 1.81. The summed E-state index contributed by atoms with van der Waals surface area (Å²) in [6, 6.07) is 5.72. The maximum atomic E-state index is 12.1. The maximum Gasteiger partial charge on any atom is 0.329 e. The van der Waals surface area contributed by atoms with E-state index in [1.807, 2.05) is 18.2 Å². The average molecular weight is 278 g/mol. The fraction of sp³-hybridized carbons (Fsp3) is 0.429. The van der Waals surface area contributed by atoms with Gasteiger partial charge in [0.1, 0.15) is 6.61 Å². The van der Waals surface area contributed by atoms with Gasteiger partial charge in [0.15, 0.2) is 0 Å². The Morgan fingerprint density at radius 3 is 3.05 bits per heavy atom. The Morgan fingerprint density at radius 1 is 1.40 bits per heavy atom. The second-order valence-corrected chi connectivity index (χ2v) is 4.57. The molecule has 108 valence electrons. The normalized spacial score (nSPS) is 13.6. The summed E-state index contributed by atoms with van der Waals surface area (Å²) >= 11 is 0. The molecule has 0 aliphatic carbocycles. The molecule has 0 unspecified atom stereocenters. The number of hydrogen-bond donors (Lipinski definition) is 3. The molecule has 0 fully saturated rings. The molecule has 1 aromatic carbocycles. The summed E-state index contributed by atoms with van der Waals surface area (Å²) in [5.74, 6) is -1.15. The summed E-state index contributed by atoms with van der Waals surface area (Å²) in [6.07, 6.45) is 0.842. The van der Waals surface area contributed by atoms with Crippen molar-refractivity contribution >= 4 is 11.9 Å². The number of fused-ring (bicyclic) bond motifs is 1. The van der Waals surface area contributed by atoms with Gasteiger partial charge in [-0.2, -0.15) is 0 Å². The van der Waals surface area contributed by atoms with Gasteiger partial charge in [-0.3, -0.25) is 4.79 Å². The molecule has 1 aliphatic rings. The van der Waals surface area contributed by atoms with E-state index in [-0.39, 0.29) is 19.1 Å². The SMILES string of the molecule is O=C(O)COCCNC(=O)c1cccc2c1CCNC2. The topological polar surface area (TPSA) is 87.7 Å². The number of aliphatic carboxylic acids is 1. The Morgan fingerprint density at radius 2 is 2.25 bits per heavy atom. The number of carbonyl (C=O) groups excluding carboxylic acids is 1. The van der Waals surface area contributed by atoms with E-state index in [0.717, 1.165) is 30.6 Å². The Kier molecular flexibility index (Phi) is 5.09. The number of rotatable bonds is 6. The minimum absolute atomic E-state index is 0.136. The second-order valence-electron chi connectivity index (χ2n) is 4.57. The highest BCUT2D eigenvalue weighted by Gasteiger charge is 2.16. The molecule has 2 rings (SSSR count). The molecule has 6 nitrogen and oxygen atoms in total. The van der Waals surface area contributed by atoms with E-state index < -0.39 is 5.97 Å². The fourth-order valence-electron chi connectivity index (χ4n) is 2.24. The Labute approximate surface area is 117 Å². The summed E-state index contributed by atoms with van der Waals surface area (Å²) in [5, 5.41) is 14.4. The third-order valence-electron chi connectivity index (χ3n) is 3.14. The van der Waals surface area contributed by atoms with E-state index in [0.29, 0.717) is 12.1 Å². The van der Waals surface area contributed by atoms with Crippen LogP contribution in [0.1, 0.15) is 21.5 Å². The molecule has 3 N–H and O–H groups in total. The average Bonchev–Trinajstić information content (AvgIpc) is 2.45. The largest absolute Gasteiger partial charge is 0.480 e. The lowest BCUT2D eigenvalue weighted by Gasteiger charge is -2.19. The number of hydrogen-bond acceptors (Lipinski definition) is 4. The van der Waals surface area contributed by atoms with E-state index in [2.05, 4.69) is 10.6 Å². The van der Waals surface area contributed by atoms with Crippen molar-refractivity contribution in [2.75, 3.05) is 26.3 Å². The van der Waals surface area contributed by atoms with Gasteiger partial charge in [0.2, 0.25) is 0 Å². The monoisotopic (exact) mass is 278 g/mol. The highest BCUT2D eigenvalue weighted by atomic mass is 16.5. The molecule has 20 heavy (non-hydrogen) atoms. The van der Waals surface area contributed by atoms with E-state index >= 15 is 0 Å². The Balaban J connectivity index is 1.88. The molecule has 0 saturated carbocycles. The van der Waals surface area contributed by atoms with E-state index in [1.165, 1.54) is 0 Å². The molecule has 0 aromatic heterocycles. The zero-order chi connectivity index (χ0) is 14.4. The first-order chi connectivity index (χ1) is 9.68. The lowest BCUT2D eigenvalue weighted by molar-refractivity contribution is -0.142. The number of nitrogens with one attached hydrogen (secondary N) is 2. The van der Waals surface area contributed by atoms with Crippen LogP contribution in [0.15, 0.2) is 18.2 Å². The summed E-state index contributed by atoms with van der Waals surface area (Å²) in [7, 11) is 0. The molecule has 6 heteroatoms. The molecular weight excluding hydrogens is 260 g/mol. The van der Waals surface area contributed by atoms with Gasteiger partial charge in [0.05, 0.1) is 6.61 Å². The maximum absolute atomic E-state index is 12.1. The molecular formula is C14H18N2O4. The van der Waals surface area contributed by atoms with Crippen LogP contribution in [-0.2, 0) is 22.5 Å². The summed E-state index contributed by atoms with van der Waals surface area (Å²) in [5.41, 5.74) is 2.95. The van der Waals surface area contributed by atoms with Gasteiger partial charge in [-0.15, -0.1) is 0 Å². The first kappa shape index (κ1) is 14.5. The smallest absolute Gasteiger partial charge is 0.329 e. The molecule has 1 amide bonds. The van der Waals surface area contributed by atoms with Crippen LogP contribution in [0.5, 0.6) is 0 Å². The molecule has 0 radical (unpaired) electrons. The third kappa shape index (κ3) is 3.79. The van der Waals surface area contributed by atoms with Crippen molar-refractivity contribution in [2.45, 2.75) is 13.0 Å². The summed E-state index contributed by atoms with van der Waals surface area (Å²) in [4.78, 5) is 22.4. The molecule has 0 bridgehead atoms. The van der Waals surface area contributed by atoms with Gasteiger partial charge < -0.3 is 20.5 Å². The van der Waals surface area contributed by atoms with Crippen LogP contribution in [0.3, 0.4) is 0 Å². The van der Waals surface area contributed by atoms with Crippen LogP contribution in [0.4, 0.5) is 0 Å². The minimum atomic E-state index is -1.01. The molecule has 1 aromatic rings. The van der Waals surface area contributed by atoms with E-state index in [1.54, 1.807) is 0 Å². The molecule has 1 heterocycles. The van der Waals surface area contributed by atoms with Gasteiger partial charge in [0.25, 0.3) is 5.91 Å². The number of carboxylic acid groups (broad SMARTS) is 1. The van der Waals surface area contributed by atoms with Crippen molar-refractivity contribution in [3.63, 3.8) is 0 Å². The van der Waals surface area contributed by atoms with E-state index in [4.69, 9.17) is 9.84 Å². The lowest BCUT2D eigenvalue weighted by atomic mass is 9.95. The predicted molar refractivity (Wildman–Crippen MR) is 72.6 cm³/mol. The zero-order valence-electron chi connectivity index (χ0n) is 11.1. The number of ether oxygens (including phenoxy) is 1. The number of amides is 1. The van der Waals surface area contributed by atoms with Crippen molar-refractivity contribution in [1.82, 2.24) is 10.6 Å². The van der Waals surface area contributed by atoms with E-state index in [9.17, 15) is 9.59 Å². The van der Waals surface area contributed by atoms with Gasteiger partial charge >= 0.3 is 5.97 Å². The highest BCUT2D eigenvalue weighted by molar-refractivity contribution is 5.96. The molecule has 0 atom stereocenters. The van der Waals surface area contributed by atoms with Crippen molar-refractivity contribution in [2.24, 2.45) is 0 Å².